The molecule has 0 aliphatic carbocycles. The number of hydrogen-bond acceptors (Lipinski definition) is 3. The summed E-state index contributed by atoms with van der Waals surface area (Å²) in [6.07, 6.45) is 0. The Labute approximate surface area is 147 Å². The van der Waals surface area contributed by atoms with Gasteiger partial charge in [-0.15, -0.1) is 0 Å². The van der Waals surface area contributed by atoms with Gasteiger partial charge in [-0.2, -0.15) is 5.10 Å². The summed E-state index contributed by atoms with van der Waals surface area (Å²) in [5, 5.41) is 6.90. The van der Waals surface area contributed by atoms with Crippen LogP contribution in [0.15, 0.2) is 65.8 Å². The minimum atomic E-state index is -0.269. The van der Waals surface area contributed by atoms with Crippen LogP contribution < -0.4 is 10.7 Å². The van der Waals surface area contributed by atoms with E-state index in [1.807, 2.05) is 31.2 Å². The molecule has 0 aliphatic heterocycles. The fourth-order valence-electron chi connectivity index (χ4n) is 2.11. The number of hydrazone groups is 1. The summed E-state index contributed by atoms with van der Waals surface area (Å²) >= 11 is 0. The van der Waals surface area contributed by atoms with Crippen molar-refractivity contribution in [3.8, 4) is 0 Å². The van der Waals surface area contributed by atoms with E-state index in [4.69, 9.17) is 0 Å². The minimum absolute atomic E-state index is 0.237. The SMILES string of the molecule is C=C(C)C(=O)Nc1cccc(/C(C)=N/NC(=O)c2cccc(C)c2)c1. The maximum absolute atomic E-state index is 12.1. The normalized spacial score (nSPS) is 10.9. The van der Waals surface area contributed by atoms with Gasteiger partial charge in [0.15, 0.2) is 0 Å². The smallest absolute Gasteiger partial charge is 0.271 e. The Bertz CT molecular complexity index is 854. The molecule has 5 heteroatoms. The van der Waals surface area contributed by atoms with Crippen LogP contribution in [-0.2, 0) is 4.79 Å². The molecule has 2 rings (SSSR count). The van der Waals surface area contributed by atoms with Crippen molar-refractivity contribution in [3.63, 3.8) is 0 Å². The van der Waals surface area contributed by atoms with Crippen molar-refractivity contribution >= 4 is 23.2 Å². The van der Waals surface area contributed by atoms with Gasteiger partial charge in [-0.1, -0.05) is 36.4 Å². The molecule has 0 fully saturated rings. The number of rotatable bonds is 5. The molecule has 2 amide bonds. The van der Waals surface area contributed by atoms with E-state index in [0.29, 0.717) is 22.5 Å². The van der Waals surface area contributed by atoms with Gasteiger partial charge in [-0.3, -0.25) is 9.59 Å². The molecule has 0 bridgehead atoms. The molecule has 0 unspecified atom stereocenters. The maximum Gasteiger partial charge on any atom is 0.271 e. The summed E-state index contributed by atoms with van der Waals surface area (Å²) in [5.74, 6) is -0.505. The number of aryl methyl sites for hydroxylation is 1. The second-order valence-electron chi connectivity index (χ2n) is 5.82. The largest absolute Gasteiger partial charge is 0.322 e. The second-order valence-corrected chi connectivity index (χ2v) is 5.82. The van der Waals surface area contributed by atoms with Crippen LogP contribution in [0.25, 0.3) is 0 Å². The van der Waals surface area contributed by atoms with Gasteiger partial charge in [0.25, 0.3) is 11.8 Å². The molecule has 0 radical (unpaired) electrons. The van der Waals surface area contributed by atoms with Crippen molar-refractivity contribution in [3.05, 3.63) is 77.4 Å². The molecule has 0 aliphatic rings. The lowest BCUT2D eigenvalue weighted by atomic mass is 10.1. The molecule has 25 heavy (non-hydrogen) atoms. The Kier molecular flexibility index (Phi) is 5.84. The monoisotopic (exact) mass is 335 g/mol. The van der Waals surface area contributed by atoms with Crippen molar-refractivity contribution in [1.29, 1.82) is 0 Å². The van der Waals surface area contributed by atoms with Gasteiger partial charge in [0.2, 0.25) is 0 Å². The molecule has 2 N–H and O–H groups in total. The Hall–Kier alpha value is -3.21. The van der Waals surface area contributed by atoms with Crippen LogP contribution in [0.3, 0.4) is 0 Å². The number of carbonyl (C=O) groups is 2. The van der Waals surface area contributed by atoms with E-state index in [0.717, 1.165) is 11.1 Å². The predicted octanol–water partition coefficient (Wildman–Crippen LogP) is 3.66. The number of anilines is 1. The zero-order valence-corrected chi connectivity index (χ0v) is 14.6. The lowest BCUT2D eigenvalue weighted by Gasteiger charge is -2.08. The Balaban J connectivity index is 2.10. The van der Waals surface area contributed by atoms with Crippen LogP contribution in [0.2, 0.25) is 0 Å². The Morgan fingerprint density at radius 2 is 1.68 bits per heavy atom. The third-order valence-corrected chi connectivity index (χ3v) is 3.53. The van der Waals surface area contributed by atoms with Crippen LogP contribution >= 0.6 is 0 Å². The van der Waals surface area contributed by atoms with Gasteiger partial charge in [0, 0.05) is 16.8 Å². The Morgan fingerprint density at radius 1 is 1.00 bits per heavy atom. The second kappa shape index (κ2) is 8.06. The maximum atomic E-state index is 12.1. The molecule has 0 atom stereocenters. The molecule has 0 saturated carbocycles. The molecule has 0 aromatic heterocycles. The lowest BCUT2D eigenvalue weighted by Crippen LogP contribution is -2.19. The average molecular weight is 335 g/mol. The van der Waals surface area contributed by atoms with E-state index in [1.54, 1.807) is 38.1 Å². The first kappa shape index (κ1) is 18.1. The summed E-state index contributed by atoms with van der Waals surface area (Å²) in [6.45, 7) is 8.97. The van der Waals surface area contributed by atoms with Crippen LogP contribution in [0.4, 0.5) is 5.69 Å². The molecular weight excluding hydrogens is 314 g/mol. The molecule has 128 valence electrons. The lowest BCUT2D eigenvalue weighted by molar-refractivity contribution is -0.112. The summed E-state index contributed by atoms with van der Waals surface area (Å²) in [7, 11) is 0. The molecule has 2 aromatic carbocycles. The van der Waals surface area contributed by atoms with E-state index in [2.05, 4.69) is 22.4 Å². The molecule has 0 saturated heterocycles. The van der Waals surface area contributed by atoms with Crippen molar-refractivity contribution in [2.75, 3.05) is 5.32 Å². The van der Waals surface area contributed by atoms with Crippen molar-refractivity contribution in [1.82, 2.24) is 5.43 Å². The first-order chi connectivity index (χ1) is 11.9. The van der Waals surface area contributed by atoms with Crippen LogP contribution in [0.1, 0.15) is 35.3 Å². The highest BCUT2D eigenvalue weighted by molar-refractivity contribution is 6.05. The number of nitrogens with one attached hydrogen (secondary N) is 2. The molecule has 0 spiro atoms. The molecule has 2 aromatic rings. The van der Waals surface area contributed by atoms with Crippen molar-refractivity contribution < 1.29 is 9.59 Å². The number of benzene rings is 2. The first-order valence-electron chi connectivity index (χ1n) is 7.85. The summed E-state index contributed by atoms with van der Waals surface area (Å²) in [5.41, 5.74) is 6.62. The topological polar surface area (TPSA) is 70.6 Å². The third-order valence-electron chi connectivity index (χ3n) is 3.53. The van der Waals surface area contributed by atoms with Crippen molar-refractivity contribution in [2.24, 2.45) is 5.10 Å². The van der Waals surface area contributed by atoms with E-state index in [1.165, 1.54) is 0 Å². The molecular formula is C20H21N3O2. The molecule has 0 heterocycles. The highest BCUT2D eigenvalue weighted by Gasteiger charge is 2.07. The highest BCUT2D eigenvalue weighted by Crippen LogP contribution is 2.12. The molecule has 5 nitrogen and oxygen atoms in total. The number of nitrogens with zero attached hydrogens (tertiary/aromatic N) is 1. The Morgan fingerprint density at radius 3 is 2.36 bits per heavy atom. The van der Waals surface area contributed by atoms with E-state index < -0.39 is 0 Å². The fourth-order valence-corrected chi connectivity index (χ4v) is 2.11. The zero-order valence-electron chi connectivity index (χ0n) is 14.6. The van der Waals surface area contributed by atoms with E-state index in [9.17, 15) is 9.59 Å². The summed E-state index contributed by atoms with van der Waals surface area (Å²) < 4.78 is 0. The van der Waals surface area contributed by atoms with Crippen LogP contribution in [-0.4, -0.2) is 17.5 Å². The summed E-state index contributed by atoms with van der Waals surface area (Å²) in [6, 6.07) is 14.5. The van der Waals surface area contributed by atoms with Crippen molar-refractivity contribution in [2.45, 2.75) is 20.8 Å². The third kappa shape index (κ3) is 5.14. The zero-order chi connectivity index (χ0) is 18.4. The van der Waals surface area contributed by atoms with Gasteiger partial charge in [0.1, 0.15) is 0 Å². The van der Waals surface area contributed by atoms with Gasteiger partial charge < -0.3 is 5.32 Å². The highest BCUT2D eigenvalue weighted by atomic mass is 16.2. The van der Waals surface area contributed by atoms with E-state index >= 15 is 0 Å². The first-order valence-corrected chi connectivity index (χ1v) is 7.85. The standard InChI is InChI=1S/C20H21N3O2/c1-13(2)19(24)21-18-10-6-8-16(12-18)15(4)22-23-20(25)17-9-5-7-14(3)11-17/h5-12H,1H2,2-4H3,(H,21,24)(H,23,25)/b22-15+. The van der Waals surface area contributed by atoms with Gasteiger partial charge in [0.05, 0.1) is 5.71 Å². The number of hydrogen-bond donors (Lipinski definition) is 2. The number of amides is 2. The summed E-state index contributed by atoms with van der Waals surface area (Å²) in [4.78, 5) is 23.8. The van der Waals surface area contributed by atoms with Gasteiger partial charge >= 0.3 is 0 Å². The van der Waals surface area contributed by atoms with E-state index in [-0.39, 0.29) is 11.8 Å². The predicted molar refractivity (Wildman–Crippen MR) is 101 cm³/mol. The number of carbonyl (C=O) groups excluding carboxylic acids is 2. The van der Waals surface area contributed by atoms with Gasteiger partial charge in [-0.25, -0.2) is 5.43 Å². The quantitative estimate of drug-likeness (QED) is 0.497. The fraction of sp³-hybridized carbons (Fsp3) is 0.150. The average Bonchev–Trinajstić information content (AvgIpc) is 2.59. The van der Waals surface area contributed by atoms with Gasteiger partial charge in [-0.05, 0) is 50.6 Å². The minimum Gasteiger partial charge on any atom is -0.322 e. The van der Waals surface area contributed by atoms with Crippen LogP contribution in [0.5, 0.6) is 0 Å². The van der Waals surface area contributed by atoms with Crippen LogP contribution in [0, 0.1) is 6.92 Å².